The van der Waals surface area contributed by atoms with E-state index in [-0.39, 0.29) is 5.91 Å². The molecule has 0 fully saturated rings. The second-order valence-corrected chi connectivity index (χ2v) is 5.24. The van der Waals surface area contributed by atoms with E-state index in [1.807, 2.05) is 24.4 Å². The molecule has 0 saturated carbocycles. The van der Waals surface area contributed by atoms with Crippen LogP contribution >= 0.6 is 0 Å². The zero-order chi connectivity index (χ0) is 14.9. The molecule has 110 valence electrons. The summed E-state index contributed by atoms with van der Waals surface area (Å²) in [4.78, 5) is 15.9. The van der Waals surface area contributed by atoms with Gasteiger partial charge in [-0.15, -0.1) is 0 Å². The van der Waals surface area contributed by atoms with Gasteiger partial charge in [-0.3, -0.25) is 9.78 Å². The highest BCUT2D eigenvalue weighted by Gasteiger charge is 2.03. The molecule has 0 spiro atoms. The number of rotatable bonds is 7. The third-order valence-corrected chi connectivity index (χ3v) is 3.57. The van der Waals surface area contributed by atoms with Crippen molar-refractivity contribution in [2.45, 2.75) is 32.6 Å². The van der Waals surface area contributed by atoms with Gasteiger partial charge in [0.2, 0.25) is 5.91 Å². The lowest BCUT2D eigenvalue weighted by atomic mass is 10.0. The van der Waals surface area contributed by atoms with Gasteiger partial charge in [-0.05, 0) is 48.9 Å². The molecule has 0 unspecified atom stereocenters. The Bertz CT molecular complexity index is 566. The Kier molecular flexibility index (Phi) is 5.95. The maximum Gasteiger partial charge on any atom is 0.220 e. The summed E-state index contributed by atoms with van der Waals surface area (Å²) in [6, 6.07) is 12.2. The Balaban J connectivity index is 1.63. The molecule has 1 amide bonds. The molecule has 0 aliphatic rings. The highest BCUT2D eigenvalue weighted by Crippen LogP contribution is 2.09. The SMILES string of the molecule is Cc1ccccc1CCC(=O)NCCCc1cccnc1. The quantitative estimate of drug-likeness (QED) is 0.793. The number of amides is 1. The maximum atomic E-state index is 11.8. The molecular formula is C18H22N2O. The Morgan fingerprint density at radius 1 is 1.14 bits per heavy atom. The lowest BCUT2D eigenvalue weighted by Gasteiger charge is -2.07. The van der Waals surface area contributed by atoms with Crippen LogP contribution in [0.3, 0.4) is 0 Å². The number of carbonyl (C=O) groups excluding carboxylic acids is 1. The monoisotopic (exact) mass is 282 g/mol. The molecular weight excluding hydrogens is 260 g/mol. The molecule has 1 aromatic heterocycles. The van der Waals surface area contributed by atoms with Gasteiger partial charge in [-0.25, -0.2) is 0 Å². The van der Waals surface area contributed by atoms with E-state index in [4.69, 9.17) is 0 Å². The molecule has 0 bridgehead atoms. The third kappa shape index (κ3) is 5.38. The first-order chi connectivity index (χ1) is 10.3. The summed E-state index contributed by atoms with van der Waals surface area (Å²) >= 11 is 0. The fraction of sp³-hybridized carbons (Fsp3) is 0.333. The van der Waals surface area contributed by atoms with Crippen molar-refractivity contribution >= 4 is 5.91 Å². The number of pyridine rings is 1. The molecule has 0 saturated heterocycles. The summed E-state index contributed by atoms with van der Waals surface area (Å²) in [5.41, 5.74) is 3.72. The lowest BCUT2D eigenvalue weighted by Crippen LogP contribution is -2.25. The van der Waals surface area contributed by atoms with E-state index in [9.17, 15) is 4.79 Å². The number of aromatic nitrogens is 1. The molecule has 3 nitrogen and oxygen atoms in total. The van der Waals surface area contributed by atoms with E-state index >= 15 is 0 Å². The number of nitrogens with one attached hydrogen (secondary N) is 1. The lowest BCUT2D eigenvalue weighted by molar-refractivity contribution is -0.121. The highest BCUT2D eigenvalue weighted by atomic mass is 16.1. The van der Waals surface area contributed by atoms with E-state index in [0.29, 0.717) is 6.42 Å². The van der Waals surface area contributed by atoms with Crippen LogP contribution in [0.15, 0.2) is 48.8 Å². The number of benzene rings is 1. The largest absolute Gasteiger partial charge is 0.356 e. The normalized spacial score (nSPS) is 10.3. The number of hydrogen-bond acceptors (Lipinski definition) is 2. The predicted octanol–water partition coefficient (Wildman–Crippen LogP) is 3.07. The van der Waals surface area contributed by atoms with Crippen LogP contribution in [-0.2, 0) is 17.6 Å². The van der Waals surface area contributed by atoms with Crippen molar-refractivity contribution in [1.29, 1.82) is 0 Å². The van der Waals surface area contributed by atoms with Crippen LogP contribution in [0, 0.1) is 6.92 Å². The van der Waals surface area contributed by atoms with Crippen molar-refractivity contribution in [2.75, 3.05) is 6.54 Å². The minimum absolute atomic E-state index is 0.129. The number of aryl methyl sites for hydroxylation is 3. The summed E-state index contributed by atoms with van der Waals surface area (Å²) in [6.07, 6.45) is 6.91. The van der Waals surface area contributed by atoms with Crippen molar-refractivity contribution in [1.82, 2.24) is 10.3 Å². The van der Waals surface area contributed by atoms with Crippen LogP contribution < -0.4 is 5.32 Å². The van der Waals surface area contributed by atoms with Gasteiger partial charge in [0.1, 0.15) is 0 Å². The molecule has 21 heavy (non-hydrogen) atoms. The molecule has 1 heterocycles. The Morgan fingerprint density at radius 2 is 2.00 bits per heavy atom. The number of nitrogens with zero attached hydrogens (tertiary/aromatic N) is 1. The highest BCUT2D eigenvalue weighted by molar-refractivity contribution is 5.76. The summed E-state index contributed by atoms with van der Waals surface area (Å²) in [5.74, 6) is 0.129. The minimum Gasteiger partial charge on any atom is -0.356 e. The molecule has 0 atom stereocenters. The fourth-order valence-corrected chi connectivity index (χ4v) is 2.29. The maximum absolute atomic E-state index is 11.8. The van der Waals surface area contributed by atoms with Gasteiger partial charge in [0.05, 0.1) is 0 Å². The van der Waals surface area contributed by atoms with E-state index in [0.717, 1.165) is 25.8 Å². The van der Waals surface area contributed by atoms with Crippen LogP contribution in [-0.4, -0.2) is 17.4 Å². The predicted molar refractivity (Wildman–Crippen MR) is 85.1 cm³/mol. The van der Waals surface area contributed by atoms with Crippen LogP contribution in [0.4, 0.5) is 0 Å². The van der Waals surface area contributed by atoms with Crippen molar-refractivity contribution < 1.29 is 4.79 Å². The Morgan fingerprint density at radius 3 is 2.76 bits per heavy atom. The van der Waals surface area contributed by atoms with Crippen molar-refractivity contribution in [3.63, 3.8) is 0 Å². The summed E-state index contributed by atoms with van der Waals surface area (Å²) in [7, 11) is 0. The Labute approximate surface area is 126 Å². The first-order valence-corrected chi connectivity index (χ1v) is 7.46. The van der Waals surface area contributed by atoms with Gasteiger partial charge in [0.25, 0.3) is 0 Å². The molecule has 0 aliphatic heterocycles. The molecule has 3 heteroatoms. The van der Waals surface area contributed by atoms with Crippen molar-refractivity contribution in [2.24, 2.45) is 0 Å². The third-order valence-electron chi connectivity index (χ3n) is 3.57. The van der Waals surface area contributed by atoms with E-state index in [1.165, 1.54) is 16.7 Å². The zero-order valence-electron chi connectivity index (χ0n) is 12.5. The molecule has 1 N–H and O–H groups in total. The standard InChI is InChI=1S/C18H22N2O/c1-15-6-2-3-9-17(15)10-11-18(21)20-13-5-8-16-7-4-12-19-14-16/h2-4,6-7,9,12,14H,5,8,10-11,13H2,1H3,(H,20,21). The number of hydrogen-bond donors (Lipinski definition) is 1. The molecule has 0 aliphatic carbocycles. The second-order valence-electron chi connectivity index (χ2n) is 5.24. The van der Waals surface area contributed by atoms with Gasteiger partial charge < -0.3 is 5.32 Å². The first-order valence-electron chi connectivity index (χ1n) is 7.46. The zero-order valence-corrected chi connectivity index (χ0v) is 12.5. The van der Waals surface area contributed by atoms with Crippen molar-refractivity contribution in [3.8, 4) is 0 Å². The Hall–Kier alpha value is -2.16. The summed E-state index contributed by atoms with van der Waals surface area (Å²) < 4.78 is 0. The van der Waals surface area contributed by atoms with E-state index in [2.05, 4.69) is 35.4 Å². The average molecular weight is 282 g/mol. The van der Waals surface area contributed by atoms with Crippen LogP contribution in [0.5, 0.6) is 0 Å². The number of carbonyl (C=O) groups is 1. The molecule has 2 rings (SSSR count). The summed E-state index contributed by atoms with van der Waals surface area (Å²) in [5, 5.41) is 2.98. The smallest absolute Gasteiger partial charge is 0.220 e. The second kappa shape index (κ2) is 8.20. The van der Waals surface area contributed by atoms with E-state index < -0.39 is 0 Å². The molecule has 0 radical (unpaired) electrons. The van der Waals surface area contributed by atoms with Crippen LogP contribution in [0.2, 0.25) is 0 Å². The first kappa shape index (κ1) is 15.2. The van der Waals surface area contributed by atoms with Gasteiger partial charge >= 0.3 is 0 Å². The van der Waals surface area contributed by atoms with Gasteiger partial charge in [0.15, 0.2) is 0 Å². The van der Waals surface area contributed by atoms with Gasteiger partial charge in [-0.1, -0.05) is 30.3 Å². The van der Waals surface area contributed by atoms with Crippen molar-refractivity contribution in [3.05, 3.63) is 65.5 Å². The fourth-order valence-electron chi connectivity index (χ4n) is 2.29. The topological polar surface area (TPSA) is 42.0 Å². The van der Waals surface area contributed by atoms with Gasteiger partial charge in [-0.2, -0.15) is 0 Å². The average Bonchev–Trinajstić information content (AvgIpc) is 2.52. The molecule has 1 aromatic carbocycles. The van der Waals surface area contributed by atoms with Crippen LogP contribution in [0.25, 0.3) is 0 Å². The minimum atomic E-state index is 0.129. The molecule has 2 aromatic rings. The summed E-state index contributed by atoms with van der Waals surface area (Å²) in [6.45, 7) is 2.81. The van der Waals surface area contributed by atoms with E-state index in [1.54, 1.807) is 6.20 Å². The van der Waals surface area contributed by atoms with Crippen LogP contribution in [0.1, 0.15) is 29.5 Å². The van der Waals surface area contributed by atoms with Gasteiger partial charge in [0, 0.05) is 25.4 Å².